The van der Waals surface area contributed by atoms with Crippen molar-refractivity contribution >= 4 is 16.9 Å². The van der Waals surface area contributed by atoms with Crippen LogP contribution < -0.4 is 5.32 Å². The van der Waals surface area contributed by atoms with Crippen molar-refractivity contribution < 1.29 is 14.3 Å². The van der Waals surface area contributed by atoms with Gasteiger partial charge in [-0.2, -0.15) is 5.10 Å². The Morgan fingerprint density at radius 3 is 2.64 bits per heavy atom. The Kier molecular flexibility index (Phi) is 4.50. The smallest absolute Gasteiger partial charge is 0.255 e. The zero-order valence-corrected chi connectivity index (χ0v) is 16.0. The molecular formula is C20H22FN5O2. The zero-order chi connectivity index (χ0) is 20.0. The molecule has 0 spiro atoms. The van der Waals surface area contributed by atoms with E-state index in [1.165, 1.54) is 12.1 Å². The molecule has 8 heteroatoms. The molecule has 28 heavy (non-hydrogen) atoms. The molecule has 2 atom stereocenters. The average molecular weight is 383 g/mol. The zero-order valence-electron chi connectivity index (χ0n) is 16.0. The number of hydrogen-bond acceptors (Lipinski definition) is 5. The molecule has 3 aromatic rings. The van der Waals surface area contributed by atoms with Crippen LogP contribution in [0.2, 0.25) is 0 Å². The highest BCUT2D eigenvalue weighted by Crippen LogP contribution is 2.30. The lowest BCUT2D eigenvalue weighted by atomic mass is 10.0. The normalized spacial score (nSPS) is 19.9. The Balaban J connectivity index is 1.89. The Labute approximate surface area is 161 Å². The van der Waals surface area contributed by atoms with Crippen molar-refractivity contribution in [3.8, 4) is 17.0 Å². The van der Waals surface area contributed by atoms with Gasteiger partial charge in [-0.05, 0) is 39.0 Å². The summed E-state index contributed by atoms with van der Waals surface area (Å²) in [6, 6.07) is 5.54. The average Bonchev–Trinajstić information content (AvgIpc) is 3.02. The maximum atomic E-state index is 14.4. The third-order valence-electron chi connectivity index (χ3n) is 5.23. The fourth-order valence-electron chi connectivity index (χ4n) is 3.87. The van der Waals surface area contributed by atoms with Gasteiger partial charge in [0.1, 0.15) is 11.6 Å². The number of phenolic OH excluding ortho intramolecular Hbond substituents is 1. The topological polar surface area (TPSA) is 94.1 Å². The standard InChI is InChI=1S/C20H22FN5O2/c1-10-8-22-9-11(2)26(10)20(28)15-7-17(14-5-4-13(27)6-16(14)21)23-19-18(15)12(3)24-25-19/h4-7,10-11,22,27H,8-9H2,1-3H3,(H,23,24,25). The van der Waals surface area contributed by atoms with Crippen LogP contribution in [0, 0.1) is 12.7 Å². The van der Waals surface area contributed by atoms with Crippen LogP contribution >= 0.6 is 0 Å². The molecule has 7 nitrogen and oxygen atoms in total. The minimum atomic E-state index is -0.606. The summed E-state index contributed by atoms with van der Waals surface area (Å²) in [4.78, 5) is 19.8. The van der Waals surface area contributed by atoms with Crippen molar-refractivity contribution in [1.29, 1.82) is 0 Å². The van der Waals surface area contributed by atoms with Gasteiger partial charge < -0.3 is 15.3 Å². The van der Waals surface area contributed by atoms with E-state index < -0.39 is 5.82 Å². The first-order valence-corrected chi connectivity index (χ1v) is 9.24. The first-order chi connectivity index (χ1) is 13.4. The van der Waals surface area contributed by atoms with Crippen molar-refractivity contribution in [1.82, 2.24) is 25.4 Å². The van der Waals surface area contributed by atoms with Gasteiger partial charge in [-0.3, -0.25) is 9.89 Å². The van der Waals surface area contributed by atoms with E-state index in [1.54, 1.807) is 6.07 Å². The molecule has 0 saturated carbocycles. The SMILES string of the molecule is Cc1n[nH]c2nc(-c3ccc(O)cc3F)cc(C(=O)N3C(C)CNCC3C)c12. The number of halogens is 1. The summed E-state index contributed by atoms with van der Waals surface area (Å²) in [7, 11) is 0. The summed E-state index contributed by atoms with van der Waals surface area (Å²) >= 11 is 0. The first kappa shape index (κ1) is 18.4. The number of aromatic hydroxyl groups is 1. The van der Waals surface area contributed by atoms with Gasteiger partial charge in [0.25, 0.3) is 5.91 Å². The first-order valence-electron chi connectivity index (χ1n) is 9.24. The number of nitrogens with one attached hydrogen (secondary N) is 2. The van der Waals surface area contributed by atoms with Crippen LogP contribution in [0.1, 0.15) is 29.9 Å². The molecular weight excluding hydrogens is 361 g/mol. The summed E-state index contributed by atoms with van der Waals surface area (Å²) in [5, 5.41) is 20.5. The fraction of sp³-hybridized carbons (Fsp3) is 0.350. The van der Waals surface area contributed by atoms with E-state index in [0.29, 0.717) is 41.1 Å². The number of benzene rings is 1. The van der Waals surface area contributed by atoms with Gasteiger partial charge in [0.05, 0.1) is 22.3 Å². The van der Waals surface area contributed by atoms with Crippen LogP contribution in [0.4, 0.5) is 4.39 Å². The van der Waals surface area contributed by atoms with Gasteiger partial charge in [0.2, 0.25) is 0 Å². The molecule has 3 heterocycles. The number of amides is 1. The number of fused-ring (bicyclic) bond motifs is 1. The molecule has 1 aliphatic heterocycles. The number of aromatic nitrogens is 3. The van der Waals surface area contributed by atoms with Crippen molar-refractivity contribution in [3.05, 3.63) is 41.3 Å². The Morgan fingerprint density at radius 2 is 1.96 bits per heavy atom. The van der Waals surface area contributed by atoms with Crippen molar-refractivity contribution in [2.45, 2.75) is 32.9 Å². The predicted octanol–water partition coefficient (Wildman–Crippen LogP) is 2.60. The Bertz CT molecular complexity index is 1050. The molecule has 3 N–H and O–H groups in total. The summed E-state index contributed by atoms with van der Waals surface area (Å²) in [5.41, 5.74) is 2.06. The second kappa shape index (κ2) is 6.87. The largest absolute Gasteiger partial charge is 0.508 e. The summed E-state index contributed by atoms with van der Waals surface area (Å²) in [6.07, 6.45) is 0. The second-order valence-corrected chi connectivity index (χ2v) is 7.32. The number of hydrogen-bond donors (Lipinski definition) is 3. The number of carbonyl (C=O) groups excluding carboxylic acids is 1. The minimum absolute atomic E-state index is 0.0283. The van der Waals surface area contributed by atoms with Gasteiger partial charge in [-0.25, -0.2) is 9.37 Å². The Morgan fingerprint density at radius 1 is 1.25 bits per heavy atom. The van der Waals surface area contributed by atoms with Crippen LogP contribution in [0.15, 0.2) is 24.3 Å². The third-order valence-corrected chi connectivity index (χ3v) is 5.23. The van der Waals surface area contributed by atoms with Crippen molar-refractivity contribution in [2.75, 3.05) is 13.1 Å². The molecule has 1 fully saturated rings. The number of phenols is 1. The summed E-state index contributed by atoms with van der Waals surface area (Å²) < 4.78 is 14.4. The maximum Gasteiger partial charge on any atom is 0.255 e. The lowest BCUT2D eigenvalue weighted by Gasteiger charge is -2.39. The molecule has 4 rings (SSSR count). The number of pyridine rings is 1. The van der Waals surface area contributed by atoms with Gasteiger partial charge in [-0.15, -0.1) is 0 Å². The highest BCUT2D eigenvalue weighted by atomic mass is 19.1. The highest BCUT2D eigenvalue weighted by molar-refractivity contribution is 6.07. The van der Waals surface area contributed by atoms with E-state index in [1.807, 2.05) is 25.7 Å². The van der Waals surface area contributed by atoms with Gasteiger partial charge in [0.15, 0.2) is 5.65 Å². The molecule has 1 amide bonds. The second-order valence-electron chi connectivity index (χ2n) is 7.32. The van der Waals surface area contributed by atoms with Crippen LogP contribution in [0.3, 0.4) is 0 Å². The van der Waals surface area contributed by atoms with Crippen LogP contribution in [-0.4, -0.2) is 56.3 Å². The lowest BCUT2D eigenvalue weighted by Crippen LogP contribution is -2.57. The van der Waals surface area contributed by atoms with Gasteiger partial charge >= 0.3 is 0 Å². The number of aryl methyl sites for hydroxylation is 1. The number of aromatic amines is 1. The molecule has 0 aliphatic carbocycles. The molecule has 0 bridgehead atoms. The van der Waals surface area contributed by atoms with Crippen molar-refractivity contribution in [3.63, 3.8) is 0 Å². The monoisotopic (exact) mass is 383 g/mol. The van der Waals surface area contributed by atoms with Gasteiger partial charge in [0, 0.05) is 36.8 Å². The number of nitrogens with zero attached hydrogens (tertiary/aromatic N) is 3. The van der Waals surface area contributed by atoms with E-state index in [9.17, 15) is 14.3 Å². The molecule has 1 aliphatic rings. The molecule has 146 valence electrons. The minimum Gasteiger partial charge on any atom is -0.508 e. The number of carbonyl (C=O) groups is 1. The summed E-state index contributed by atoms with van der Waals surface area (Å²) in [6.45, 7) is 7.24. The molecule has 0 radical (unpaired) electrons. The molecule has 1 saturated heterocycles. The quantitative estimate of drug-likeness (QED) is 0.632. The number of H-pyrrole nitrogens is 1. The maximum absolute atomic E-state index is 14.4. The van der Waals surface area contributed by atoms with E-state index in [2.05, 4.69) is 20.5 Å². The van der Waals surface area contributed by atoms with Gasteiger partial charge in [-0.1, -0.05) is 0 Å². The molecule has 1 aromatic carbocycles. The number of piperazine rings is 1. The third kappa shape index (κ3) is 2.99. The van der Waals surface area contributed by atoms with Crippen molar-refractivity contribution in [2.24, 2.45) is 0 Å². The van der Waals surface area contributed by atoms with Crippen LogP contribution in [0.25, 0.3) is 22.3 Å². The molecule has 2 aromatic heterocycles. The number of rotatable bonds is 2. The fourth-order valence-corrected chi connectivity index (χ4v) is 3.87. The highest BCUT2D eigenvalue weighted by Gasteiger charge is 2.31. The van der Waals surface area contributed by atoms with Crippen LogP contribution in [0.5, 0.6) is 5.75 Å². The van der Waals surface area contributed by atoms with E-state index >= 15 is 0 Å². The van der Waals surface area contributed by atoms with Crippen LogP contribution in [-0.2, 0) is 0 Å². The summed E-state index contributed by atoms with van der Waals surface area (Å²) in [5.74, 6) is -0.899. The molecule has 2 unspecified atom stereocenters. The lowest BCUT2D eigenvalue weighted by molar-refractivity contribution is 0.0546. The predicted molar refractivity (Wildman–Crippen MR) is 104 cm³/mol. The van der Waals surface area contributed by atoms with E-state index in [0.717, 1.165) is 6.07 Å². The Hall–Kier alpha value is -3.00. The van der Waals surface area contributed by atoms with E-state index in [-0.39, 0.29) is 29.3 Å². The van der Waals surface area contributed by atoms with E-state index in [4.69, 9.17) is 0 Å².